The molecule has 0 amide bonds. The van der Waals surface area contributed by atoms with Gasteiger partial charge in [0.05, 0.1) is 11.9 Å². The first-order valence-corrected chi connectivity index (χ1v) is 3.88. The second-order valence-corrected chi connectivity index (χ2v) is 2.87. The van der Waals surface area contributed by atoms with Gasteiger partial charge in [-0.05, 0) is 12.0 Å². The van der Waals surface area contributed by atoms with Crippen LogP contribution in [0.4, 0.5) is 0 Å². The predicted molar refractivity (Wildman–Crippen MR) is 51.4 cm³/mol. The fourth-order valence-corrected chi connectivity index (χ4v) is 1.12. The van der Waals surface area contributed by atoms with E-state index in [0.717, 1.165) is 11.3 Å². The molecule has 12 heavy (non-hydrogen) atoms. The zero-order valence-corrected chi connectivity index (χ0v) is 7.49. The van der Waals surface area contributed by atoms with E-state index in [1.165, 1.54) is 4.79 Å². The Balaban J connectivity index is 3.22. The van der Waals surface area contributed by atoms with Crippen LogP contribution in [0.5, 0.6) is 0 Å². The van der Waals surface area contributed by atoms with Crippen LogP contribution in [0.15, 0.2) is 17.9 Å². The minimum Gasteiger partial charge on any atom is -0.166 e. The summed E-state index contributed by atoms with van der Waals surface area (Å²) >= 11 is 0. The molecule has 3 nitrogen and oxygen atoms in total. The van der Waals surface area contributed by atoms with Gasteiger partial charge in [0.15, 0.2) is 0 Å². The molecule has 0 atom stereocenters. The highest BCUT2D eigenvalue weighted by molar-refractivity contribution is 5.48. The van der Waals surface area contributed by atoms with Crippen molar-refractivity contribution in [3.63, 3.8) is 0 Å². The largest absolute Gasteiger partial charge is 0.166 e. The summed E-state index contributed by atoms with van der Waals surface area (Å²) in [5.74, 6) is 0.438. The summed E-state index contributed by atoms with van der Waals surface area (Å²) in [5.41, 5.74) is 2.08. The fraction of sp³-hybridized carbons (Fsp3) is 0.333. The molecular formula is C9H13N3. The van der Waals surface area contributed by atoms with Crippen LogP contribution in [-0.4, -0.2) is 16.6 Å². The van der Waals surface area contributed by atoms with Crippen molar-refractivity contribution in [2.45, 2.75) is 19.8 Å². The van der Waals surface area contributed by atoms with Crippen LogP contribution in [0, 0.1) is 0 Å². The Bertz CT molecular complexity index is 297. The van der Waals surface area contributed by atoms with E-state index < -0.39 is 0 Å². The molecule has 0 spiro atoms. The van der Waals surface area contributed by atoms with Crippen molar-refractivity contribution >= 4 is 12.8 Å². The van der Waals surface area contributed by atoms with Crippen molar-refractivity contribution in [2.24, 2.45) is 5.10 Å². The summed E-state index contributed by atoms with van der Waals surface area (Å²) in [4.78, 5) is 1.49. The van der Waals surface area contributed by atoms with E-state index in [-0.39, 0.29) is 0 Å². The first-order chi connectivity index (χ1) is 5.70. The lowest BCUT2D eigenvalue weighted by Gasteiger charge is -2.02. The molecule has 0 fully saturated rings. The van der Waals surface area contributed by atoms with Crippen LogP contribution in [-0.2, 0) is 0 Å². The molecular weight excluding hydrogens is 150 g/mol. The van der Waals surface area contributed by atoms with Gasteiger partial charge >= 0.3 is 0 Å². The predicted octanol–water partition coefficient (Wildman–Crippen LogP) is 2.11. The maximum Gasteiger partial charge on any atom is 0.0901 e. The Morgan fingerprint density at radius 3 is 2.75 bits per heavy atom. The first kappa shape index (κ1) is 8.71. The number of aromatic nitrogens is 2. The zero-order valence-electron chi connectivity index (χ0n) is 7.49. The van der Waals surface area contributed by atoms with Crippen LogP contribution in [0.25, 0.3) is 6.08 Å². The number of nitrogens with zero attached hydrogens (tertiary/aromatic N) is 3. The van der Waals surface area contributed by atoms with E-state index in [2.05, 4.69) is 37.3 Å². The Hall–Kier alpha value is -1.38. The van der Waals surface area contributed by atoms with E-state index in [1.54, 1.807) is 12.3 Å². The van der Waals surface area contributed by atoms with Gasteiger partial charge in [0.2, 0.25) is 0 Å². The Labute approximate surface area is 72.4 Å². The van der Waals surface area contributed by atoms with E-state index in [9.17, 15) is 0 Å². The number of hydrogen-bond donors (Lipinski definition) is 0. The molecule has 0 N–H and O–H groups in total. The molecule has 0 saturated heterocycles. The second-order valence-electron chi connectivity index (χ2n) is 2.87. The first-order valence-electron chi connectivity index (χ1n) is 3.88. The molecule has 0 aliphatic rings. The summed E-state index contributed by atoms with van der Waals surface area (Å²) < 4.78 is 0. The highest BCUT2D eigenvalue weighted by Crippen LogP contribution is 2.19. The molecule has 3 heteroatoms. The molecule has 1 aromatic heterocycles. The van der Waals surface area contributed by atoms with Gasteiger partial charge in [-0.25, -0.2) is 0 Å². The Kier molecular flexibility index (Phi) is 2.43. The normalized spacial score (nSPS) is 10.2. The maximum atomic E-state index is 4.04. The highest BCUT2D eigenvalue weighted by Gasteiger charge is 2.09. The monoisotopic (exact) mass is 163 g/mol. The molecule has 1 heterocycles. The van der Waals surface area contributed by atoms with E-state index in [0.29, 0.717) is 5.92 Å². The summed E-state index contributed by atoms with van der Waals surface area (Å²) in [6.07, 6.45) is 3.55. The molecule has 0 saturated carbocycles. The van der Waals surface area contributed by atoms with Gasteiger partial charge in [0.25, 0.3) is 0 Å². The number of hydrogen-bond acceptors (Lipinski definition) is 2. The molecule has 1 aromatic rings. The van der Waals surface area contributed by atoms with Crippen LogP contribution in [0.1, 0.15) is 31.0 Å². The molecule has 0 aliphatic heterocycles. The Morgan fingerprint density at radius 2 is 2.33 bits per heavy atom. The second kappa shape index (κ2) is 3.34. The van der Waals surface area contributed by atoms with E-state index in [1.807, 2.05) is 0 Å². The van der Waals surface area contributed by atoms with Gasteiger partial charge in [-0.3, -0.25) is 0 Å². The van der Waals surface area contributed by atoms with Crippen LogP contribution in [0.2, 0.25) is 0 Å². The third kappa shape index (κ3) is 1.30. The molecule has 1 rings (SSSR count). The van der Waals surface area contributed by atoms with Crippen molar-refractivity contribution < 1.29 is 0 Å². The lowest BCUT2D eigenvalue weighted by atomic mass is 10.0. The van der Waals surface area contributed by atoms with Crippen LogP contribution < -0.4 is 0 Å². The van der Waals surface area contributed by atoms with E-state index >= 15 is 0 Å². The molecule has 0 aromatic carbocycles. The molecule has 64 valence electrons. The van der Waals surface area contributed by atoms with Crippen molar-refractivity contribution in [3.8, 4) is 0 Å². The molecule has 0 radical (unpaired) electrons. The minimum atomic E-state index is 0.438. The number of rotatable bonds is 3. The quantitative estimate of drug-likeness (QED) is 0.628. The van der Waals surface area contributed by atoms with Crippen molar-refractivity contribution in [2.75, 3.05) is 0 Å². The van der Waals surface area contributed by atoms with Crippen LogP contribution in [0.3, 0.4) is 0 Å². The van der Waals surface area contributed by atoms with Gasteiger partial charge in [-0.15, -0.1) is 0 Å². The summed E-state index contributed by atoms with van der Waals surface area (Å²) in [6, 6.07) is 0. The van der Waals surface area contributed by atoms with Gasteiger partial charge in [-0.2, -0.15) is 15.0 Å². The fourth-order valence-electron chi connectivity index (χ4n) is 1.12. The summed E-state index contributed by atoms with van der Waals surface area (Å²) in [5, 5.41) is 7.77. The summed E-state index contributed by atoms with van der Waals surface area (Å²) in [6.45, 7) is 11.3. The summed E-state index contributed by atoms with van der Waals surface area (Å²) in [7, 11) is 0. The molecule has 0 aliphatic carbocycles. The van der Waals surface area contributed by atoms with Gasteiger partial charge in [0, 0.05) is 12.3 Å². The average molecular weight is 163 g/mol. The topological polar surface area (TPSA) is 30.2 Å². The lowest BCUT2D eigenvalue weighted by Crippen LogP contribution is -1.94. The van der Waals surface area contributed by atoms with Gasteiger partial charge in [0.1, 0.15) is 0 Å². The third-order valence-corrected chi connectivity index (χ3v) is 1.77. The van der Waals surface area contributed by atoms with Crippen molar-refractivity contribution in [3.05, 3.63) is 24.0 Å². The van der Waals surface area contributed by atoms with E-state index in [4.69, 9.17) is 0 Å². The molecule has 0 unspecified atom stereocenters. The van der Waals surface area contributed by atoms with Crippen molar-refractivity contribution in [1.82, 2.24) is 9.89 Å². The maximum absolute atomic E-state index is 4.04. The standard InChI is InChI=1S/C9H13N3/c1-5-9-8(7(2)3)6-11-12(9)10-4/h5-7H,1,4H2,2-3H3. The third-order valence-electron chi connectivity index (χ3n) is 1.77. The lowest BCUT2D eigenvalue weighted by molar-refractivity contribution is 0.737. The van der Waals surface area contributed by atoms with Gasteiger partial charge < -0.3 is 0 Å². The smallest absolute Gasteiger partial charge is 0.0901 e. The van der Waals surface area contributed by atoms with Crippen LogP contribution >= 0.6 is 0 Å². The SMILES string of the molecule is C=Cc1c(C(C)C)cnn1N=C. The minimum absolute atomic E-state index is 0.438. The zero-order chi connectivity index (χ0) is 9.14. The molecule has 0 bridgehead atoms. The Morgan fingerprint density at radius 1 is 1.67 bits per heavy atom. The average Bonchev–Trinajstić information content (AvgIpc) is 2.46. The van der Waals surface area contributed by atoms with Crippen molar-refractivity contribution in [1.29, 1.82) is 0 Å². The highest BCUT2D eigenvalue weighted by atomic mass is 15.5. The van der Waals surface area contributed by atoms with Gasteiger partial charge in [-0.1, -0.05) is 20.4 Å².